The van der Waals surface area contributed by atoms with Crippen molar-refractivity contribution in [2.75, 3.05) is 5.32 Å². The van der Waals surface area contributed by atoms with E-state index in [1.54, 1.807) is 0 Å². The monoisotopic (exact) mass is 292 g/mol. The topological polar surface area (TPSA) is 55.1 Å². The first-order valence-electron chi connectivity index (χ1n) is 7.47. The molecule has 4 rings (SSSR count). The lowest BCUT2D eigenvalue weighted by Gasteiger charge is -2.05. The summed E-state index contributed by atoms with van der Waals surface area (Å²) in [5, 5.41) is 2.95. The largest absolute Gasteiger partial charge is 0.436 e. The number of amides is 1. The van der Waals surface area contributed by atoms with Crippen molar-refractivity contribution in [3.63, 3.8) is 0 Å². The second-order valence-electron chi connectivity index (χ2n) is 5.83. The van der Waals surface area contributed by atoms with Gasteiger partial charge in [0.2, 0.25) is 11.8 Å². The number of hydrogen-bond donors (Lipinski definition) is 1. The third-order valence-electron chi connectivity index (χ3n) is 3.87. The number of nitrogens with one attached hydrogen (secondary N) is 1. The summed E-state index contributed by atoms with van der Waals surface area (Å²) >= 11 is 0. The van der Waals surface area contributed by atoms with Crippen LogP contribution in [0.1, 0.15) is 18.4 Å². The van der Waals surface area contributed by atoms with Crippen LogP contribution in [0.15, 0.2) is 46.9 Å². The van der Waals surface area contributed by atoms with Gasteiger partial charge in [-0.3, -0.25) is 4.79 Å². The first kappa shape index (κ1) is 13.1. The molecule has 4 nitrogen and oxygen atoms in total. The molecule has 3 aromatic rings. The highest BCUT2D eigenvalue weighted by molar-refractivity contribution is 5.94. The molecule has 0 unspecified atom stereocenters. The zero-order chi connectivity index (χ0) is 15.1. The Labute approximate surface area is 128 Å². The minimum atomic E-state index is 0.102. The molecule has 110 valence electrons. The van der Waals surface area contributed by atoms with Gasteiger partial charge >= 0.3 is 0 Å². The molecule has 0 spiro atoms. The van der Waals surface area contributed by atoms with Crippen molar-refractivity contribution in [2.45, 2.75) is 19.8 Å². The Morgan fingerprint density at radius 1 is 1.23 bits per heavy atom. The van der Waals surface area contributed by atoms with Crippen molar-refractivity contribution >= 4 is 22.7 Å². The molecule has 1 fully saturated rings. The SMILES string of the molecule is Cc1ccc2oc(-c3cccc(NC(=O)C4CC4)c3)nc2c1. The van der Waals surface area contributed by atoms with Crippen LogP contribution in [-0.2, 0) is 4.79 Å². The zero-order valence-corrected chi connectivity index (χ0v) is 12.3. The molecule has 4 heteroatoms. The summed E-state index contributed by atoms with van der Waals surface area (Å²) in [6.45, 7) is 2.03. The van der Waals surface area contributed by atoms with Gasteiger partial charge in [0.1, 0.15) is 5.52 Å². The highest BCUT2D eigenvalue weighted by Gasteiger charge is 2.29. The Kier molecular flexibility index (Phi) is 2.96. The van der Waals surface area contributed by atoms with Crippen LogP contribution in [0.4, 0.5) is 5.69 Å². The van der Waals surface area contributed by atoms with E-state index in [1.807, 2.05) is 49.4 Å². The summed E-state index contributed by atoms with van der Waals surface area (Å²) in [6, 6.07) is 13.6. The summed E-state index contributed by atoms with van der Waals surface area (Å²) in [5.41, 5.74) is 4.42. The van der Waals surface area contributed by atoms with Gasteiger partial charge in [-0.25, -0.2) is 4.98 Å². The summed E-state index contributed by atoms with van der Waals surface area (Å²) in [6.07, 6.45) is 1.99. The number of anilines is 1. The number of fused-ring (bicyclic) bond motifs is 1. The highest BCUT2D eigenvalue weighted by atomic mass is 16.3. The Balaban J connectivity index is 1.66. The molecule has 0 aliphatic heterocycles. The maximum Gasteiger partial charge on any atom is 0.227 e. The van der Waals surface area contributed by atoms with E-state index in [2.05, 4.69) is 10.3 Å². The molecule has 1 saturated carbocycles. The van der Waals surface area contributed by atoms with E-state index < -0.39 is 0 Å². The number of oxazole rings is 1. The van der Waals surface area contributed by atoms with Crippen LogP contribution < -0.4 is 5.32 Å². The quantitative estimate of drug-likeness (QED) is 0.789. The van der Waals surface area contributed by atoms with Crippen LogP contribution in [0.25, 0.3) is 22.6 Å². The Hall–Kier alpha value is -2.62. The van der Waals surface area contributed by atoms with Gasteiger partial charge < -0.3 is 9.73 Å². The molecule has 1 N–H and O–H groups in total. The molecule has 1 heterocycles. The molecule has 1 amide bonds. The van der Waals surface area contributed by atoms with E-state index in [9.17, 15) is 4.79 Å². The minimum Gasteiger partial charge on any atom is -0.436 e. The number of aromatic nitrogens is 1. The van der Waals surface area contributed by atoms with Gasteiger partial charge in [-0.2, -0.15) is 0 Å². The fraction of sp³-hybridized carbons (Fsp3) is 0.222. The fourth-order valence-electron chi connectivity index (χ4n) is 2.48. The fourth-order valence-corrected chi connectivity index (χ4v) is 2.48. The number of benzene rings is 2. The Morgan fingerprint density at radius 2 is 2.09 bits per heavy atom. The van der Waals surface area contributed by atoms with E-state index in [-0.39, 0.29) is 11.8 Å². The standard InChI is InChI=1S/C18H16N2O2/c1-11-5-8-16-15(9-11)20-18(22-16)13-3-2-4-14(10-13)19-17(21)12-6-7-12/h2-5,8-10,12H,6-7H2,1H3,(H,19,21). The smallest absolute Gasteiger partial charge is 0.227 e. The second-order valence-corrected chi connectivity index (χ2v) is 5.83. The second kappa shape index (κ2) is 4.98. The minimum absolute atomic E-state index is 0.102. The Bertz CT molecular complexity index is 862. The molecule has 2 aromatic carbocycles. The van der Waals surface area contributed by atoms with Crippen LogP contribution in [0.3, 0.4) is 0 Å². The molecule has 0 saturated heterocycles. The van der Waals surface area contributed by atoms with Gasteiger partial charge in [0, 0.05) is 17.2 Å². The maximum atomic E-state index is 11.9. The predicted octanol–water partition coefficient (Wildman–Crippen LogP) is 4.15. The molecule has 1 aliphatic rings. The van der Waals surface area contributed by atoms with E-state index in [1.165, 1.54) is 0 Å². The number of hydrogen-bond acceptors (Lipinski definition) is 3. The summed E-state index contributed by atoms with van der Waals surface area (Å²) in [7, 11) is 0. The van der Waals surface area contributed by atoms with E-state index in [0.717, 1.165) is 40.8 Å². The number of aryl methyl sites for hydroxylation is 1. The molecule has 1 aliphatic carbocycles. The first-order valence-corrected chi connectivity index (χ1v) is 7.47. The molecule has 0 bridgehead atoms. The third-order valence-corrected chi connectivity index (χ3v) is 3.87. The van der Waals surface area contributed by atoms with Gasteiger partial charge in [0.05, 0.1) is 0 Å². The number of carbonyl (C=O) groups is 1. The molecule has 22 heavy (non-hydrogen) atoms. The van der Waals surface area contributed by atoms with E-state index >= 15 is 0 Å². The third kappa shape index (κ3) is 2.48. The summed E-state index contributed by atoms with van der Waals surface area (Å²) in [4.78, 5) is 16.4. The van der Waals surface area contributed by atoms with Gasteiger partial charge in [-0.1, -0.05) is 12.1 Å². The molecule has 0 radical (unpaired) electrons. The maximum absolute atomic E-state index is 11.9. The van der Waals surface area contributed by atoms with Crippen LogP contribution >= 0.6 is 0 Å². The predicted molar refractivity (Wildman–Crippen MR) is 85.5 cm³/mol. The number of carbonyl (C=O) groups excluding carboxylic acids is 1. The van der Waals surface area contributed by atoms with Crippen molar-refractivity contribution in [3.8, 4) is 11.5 Å². The van der Waals surface area contributed by atoms with Crippen molar-refractivity contribution in [3.05, 3.63) is 48.0 Å². The van der Waals surface area contributed by atoms with Crippen LogP contribution in [-0.4, -0.2) is 10.9 Å². The van der Waals surface area contributed by atoms with Crippen LogP contribution in [0, 0.1) is 12.8 Å². The van der Waals surface area contributed by atoms with Gasteiger partial charge in [0.25, 0.3) is 0 Å². The van der Waals surface area contributed by atoms with Crippen molar-refractivity contribution in [1.82, 2.24) is 4.98 Å². The van der Waals surface area contributed by atoms with Crippen molar-refractivity contribution in [1.29, 1.82) is 0 Å². The van der Waals surface area contributed by atoms with Crippen LogP contribution in [0.2, 0.25) is 0 Å². The molecular formula is C18H16N2O2. The lowest BCUT2D eigenvalue weighted by atomic mass is 10.2. The van der Waals surface area contributed by atoms with Gasteiger partial charge in [-0.15, -0.1) is 0 Å². The van der Waals surface area contributed by atoms with Gasteiger partial charge in [-0.05, 0) is 55.7 Å². The number of nitrogens with zero attached hydrogens (tertiary/aromatic N) is 1. The average molecular weight is 292 g/mol. The number of rotatable bonds is 3. The lowest BCUT2D eigenvalue weighted by Crippen LogP contribution is -2.13. The van der Waals surface area contributed by atoms with Gasteiger partial charge in [0.15, 0.2) is 5.58 Å². The molecule has 1 aromatic heterocycles. The lowest BCUT2D eigenvalue weighted by molar-refractivity contribution is -0.117. The van der Waals surface area contributed by atoms with Crippen molar-refractivity contribution in [2.24, 2.45) is 5.92 Å². The molecular weight excluding hydrogens is 276 g/mol. The normalized spacial score (nSPS) is 14.2. The summed E-state index contributed by atoms with van der Waals surface area (Å²) < 4.78 is 5.81. The van der Waals surface area contributed by atoms with Crippen LogP contribution in [0.5, 0.6) is 0 Å². The first-order chi connectivity index (χ1) is 10.7. The highest BCUT2D eigenvalue weighted by Crippen LogP contribution is 2.31. The average Bonchev–Trinajstić information content (AvgIpc) is 3.27. The Morgan fingerprint density at radius 3 is 2.91 bits per heavy atom. The van der Waals surface area contributed by atoms with E-state index in [0.29, 0.717) is 5.89 Å². The zero-order valence-electron chi connectivity index (χ0n) is 12.3. The van der Waals surface area contributed by atoms with E-state index in [4.69, 9.17) is 4.42 Å². The van der Waals surface area contributed by atoms with Crippen molar-refractivity contribution < 1.29 is 9.21 Å². The summed E-state index contributed by atoms with van der Waals surface area (Å²) in [5.74, 6) is 0.865. The molecule has 0 atom stereocenters.